The molecule has 3 aromatic carbocycles. The van der Waals surface area contributed by atoms with Gasteiger partial charge in [-0.1, -0.05) is 24.3 Å². The van der Waals surface area contributed by atoms with Crippen LogP contribution in [0.2, 0.25) is 0 Å². The molecule has 0 saturated carbocycles. The molecule has 2 heterocycles. The SMILES string of the molecule is COc1ccc(-n2[nH]c(Cc3ccc(F)cc3)c(/C=C3\NC(=O)N(Cc4cccc(F)c4)C3=O)c2=O)cc1. The summed E-state index contributed by atoms with van der Waals surface area (Å²) in [5.41, 5.74) is 1.75. The largest absolute Gasteiger partial charge is 0.497 e. The maximum Gasteiger partial charge on any atom is 0.329 e. The van der Waals surface area contributed by atoms with Crippen LogP contribution in [-0.2, 0) is 17.8 Å². The maximum absolute atomic E-state index is 13.6. The lowest BCUT2D eigenvalue weighted by Crippen LogP contribution is -2.30. The summed E-state index contributed by atoms with van der Waals surface area (Å²) >= 11 is 0. The van der Waals surface area contributed by atoms with Crippen LogP contribution < -0.4 is 15.6 Å². The third kappa shape index (κ3) is 4.96. The Hall–Kier alpha value is -4.99. The number of rotatable bonds is 7. The second-order valence-corrected chi connectivity index (χ2v) is 8.66. The van der Waals surface area contributed by atoms with Gasteiger partial charge in [0.2, 0.25) is 0 Å². The second-order valence-electron chi connectivity index (χ2n) is 8.66. The zero-order valence-electron chi connectivity index (χ0n) is 20.2. The van der Waals surface area contributed by atoms with Gasteiger partial charge in [-0.05, 0) is 65.7 Å². The molecule has 2 N–H and O–H groups in total. The number of urea groups is 1. The Morgan fingerprint density at radius 1 is 0.895 bits per heavy atom. The first-order valence-corrected chi connectivity index (χ1v) is 11.6. The van der Waals surface area contributed by atoms with E-state index in [-0.39, 0.29) is 24.2 Å². The highest BCUT2D eigenvalue weighted by Crippen LogP contribution is 2.21. The average Bonchev–Trinajstić information content (AvgIpc) is 3.36. The fourth-order valence-corrected chi connectivity index (χ4v) is 4.18. The van der Waals surface area contributed by atoms with Gasteiger partial charge in [0.05, 0.1) is 24.9 Å². The summed E-state index contributed by atoms with van der Waals surface area (Å²) in [6.45, 7) is -0.134. The Morgan fingerprint density at radius 2 is 1.63 bits per heavy atom. The Balaban J connectivity index is 1.52. The quantitative estimate of drug-likeness (QED) is 0.285. The zero-order chi connectivity index (χ0) is 26.8. The Labute approximate surface area is 215 Å². The van der Waals surface area contributed by atoms with E-state index in [1.165, 1.54) is 48.2 Å². The van der Waals surface area contributed by atoms with Crippen molar-refractivity contribution >= 4 is 18.0 Å². The van der Waals surface area contributed by atoms with Crippen molar-refractivity contribution in [1.29, 1.82) is 0 Å². The lowest BCUT2D eigenvalue weighted by molar-refractivity contribution is -0.123. The molecule has 192 valence electrons. The van der Waals surface area contributed by atoms with Gasteiger partial charge in [0.25, 0.3) is 11.5 Å². The summed E-state index contributed by atoms with van der Waals surface area (Å²) < 4.78 is 33.5. The van der Waals surface area contributed by atoms with Gasteiger partial charge in [-0.25, -0.2) is 18.3 Å². The number of imide groups is 1. The van der Waals surface area contributed by atoms with Gasteiger partial charge in [0, 0.05) is 12.1 Å². The molecule has 10 heteroatoms. The number of halogens is 2. The van der Waals surface area contributed by atoms with Gasteiger partial charge in [-0.3, -0.25) is 19.6 Å². The monoisotopic (exact) mass is 516 g/mol. The fourth-order valence-electron chi connectivity index (χ4n) is 4.18. The number of aromatic amines is 1. The van der Waals surface area contributed by atoms with Crippen molar-refractivity contribution < 1.29 is 23.1 Å². The minimum absolute atomic E-state index is 0.0928. The van der Waals surface area contributed by atoms with Crippen molar-refractivity contribution in [2.24, 2.45) is 0 Å². The first kappa shape index (κ1) is 24.7. The molecule has 5 rings (SSSR count). The van der Waals surface area contributed by atoms with Crippen LogP contribution in [0.4, 0.5) is 13.6 Å². The normalized spacial score (nSPS) is 14.3. The lowest BCUT2D eigenvalue weighted by Gasteiger charge is -2.11. The first-order valence-electron chi connectivity index (χ1n) is 11.6. The van der Waals surface area contributed by atoms with Gasteiger partial charge >= 0.3 is 6.03 Å². The Bertz CT molecular complexity index is 1610. The Kier molecular flexibility index (Phi) is 6.61. The van der Waals surface area contributed by atoms with Crippen LogP contribution >= 0.6 is 0 Å². The maximum atomic E-state index is 13.6. The number of hydrogen-bond donors (Lipinski definition) is 2. The molecule has 38 heavy (non-hydrogen) atoms. The molecule has 1 fully saturated rings. The number of carbonyl (C=O) groups is 2. The number of amides is 3. The van der Waals surface area contributed by atoms with Crippen molar-refractivity contribution in [2.45, 2.75) is 13.0 Å². The number of aromatic nitrogens is 2. The third-order valence-corrected chi connectivity index (χ3v) is 6.11. The van der Waals surface area contributed by atoms with Crippen LogP contribution in [0.15, 0.2) is 83.3 Å². The zero-order valence-corrected chi connectivity index (χ0v) is 20.2. The van der Waals surface area contributed by atoms with E-state index in [0.717, 1.165) is 10.5 Å². The second kappa shape index (κ2) is 10.2. The number of hydrogen-bond acceptors (Lipinski definition) is 4. The molecule has 1 aliphatic heterocycles. The van der Waals surface area contributed by atoms with Gasteiger partial charge in [-0.2, -0.15) is 0 Å². The van der Waals surface area contributed by atoms with Crippen LogP contribution in [0.25, 0.3) is 11.8 Å². The molecule has 1 aliphatic rings. The first-order chi connectivity index (χ1) is 18.3. The number of H-pyrrole nitrogens is 1. The van der Waals surface area contributed by atoms with Crippen molar-refractivity contribution in [3.63, 3.8) is 0 Å². The van der Waals surface area contributed by atoms with Crippen LogP contribution in [0, 0.1) is 11.6 Å². The van der Waals surface area contributed by atoms with E-state index in [1.54, 1.807) is 42.5 Å². The van der Waals surface area contributed by atoms with Crippen molar-refractivity contribution in [2.75, 3.05) is 7.11 Å². The summed E-state index contributed by atoms with van der Waals surface area (Å²) in [5.74, 6) is -0.913. The molecule has 1 saturated heterocycles. The predicted molar refractivity (Wildman–Crippen MR) is 136 cm³/mol. The number of nitrogens with zero attached hydrogens (tertiary/aromatic N) is 2. The van der Waals surface area contributed by atoms with E-state index in [4.69, 9.17) is 4.74 Å². The summed E-state index contributed by atoms with van der Waals surface area (Å²) in [7, 11) is 1.53. The molecule has 1 aromatic heterocycles. The van der Waals surface area contributed by atoms with Gasteiger partial charge < -0.3 is 10.1 Å². The van der Waals surface area contributed by atoms with Crippen molar-refractivity contribution in [1.82, 2.24) is 20.0 Å². The van der Waals surface area contributed by atoms with E-state index < -0.39 is 29.1 Å². The fraction of sp³-hybridized carbons (Fsp3) is 0.107. The van der Waals surface area contributed by atoms with Gasteiger partial charge in [0.1, 0.15) is 23.1 Å². The highest BCUT2D eigenvalue weighted by molar-refractivity contribution is 6.13. The van der Waals surface area contributed by atoms with Crippen LogP contribution in [-0.4, -0.2) is 33.7 Å². The molecule has 0 atom stereocenters. The summed E-state index contributed by atoms with van der Waals surface area (Å²) in [6, 6.07) is 17.5. The average molecular weight is 517 g/mol. The molecule has 0 radical (unpaired) electrons. The summed E-state index contributed by atoms with van der Waals surface area (Å²) in [4.78, 5) is 40.1. The number of benzene rings is 3. The molecule has 4 aromatic rings. The number of ether oxygens (including phenoxy) is 1. The van der Waals surface area contributed by atoms with Crippen LogP contribution in [0.5, 0.6) is 5.75 Å². The molecule has 0 aliphatic carbocycles. The van der Waals surface area contributed by atoms with E-state index in [0.29, 0.717) is 22.7 Å². The van der Waals surface area contributed by atoms with Crippen molar-refractivity contribution in [3.8, 4) is 11.4 Å². The van der Waals surface area contributed by atoms with E-state index in [9.17, 15) is 23.2 Å². The summed E-state index contributed by atoms with van der Waals surface area (Å²) in [6.07, 6.45) is 1.55. The highest BCUT2D eigenvalue weighted by atomic mass is 19.1. The van der Waals surface area contributed by atoms with E-state index in [2.05, 4.69) is 10.4 Å². The van der Waals surface area contributed by atoms with Gasteiger partial charge in [-0.15, -0.1) is 0 Å². The molecule has 3 amide bonds. The summed E-state index contributed by atoms with van der Waals surface area (Å²) in [5, 5.41) is 5.57. The molecular formula is C28H22F2N4O4. The molecular weight excluding hydrogens is 494 g/mol. The minimum Gasteiger partial charge on any atom is -0.497 e. The Morgan fingerprint density at radius 3 is 2.32 bits per heavy atom. The van der Waals surface area contributed by atoms with E-state index in [1.807, 2.05) is 0 Å². The number of nitrogens with one attached hydrogen (secondary N) is 2. The predicted octanol–water partition coefficient (Wildman–Crippen LogP) is 4.14. The van der Waals surface area contributed by atoms with E-state index >= 15 is 0 Å². The molecule has 0 spiro atoms. The molecule has 8 nitrogen and oxygen atoms in total. The van der Waals surface area contributed by atoms with Crippen LogP contribution in [0.1, 0.15) is 22.4 Å². The van der Waals surface area contributed by atoms with Crippen molar-refractivity contribution in [3.05, 3.63) is 123 Å². The third-order valence-electron chi connectivity index (χ3n) is 6.11. The number of methoxy groups -OCH3 is 1. The highest BCUT2D eigenvalue weighted by Gasteiger charge is 2.34. The lowest BCUT2D eigenvalue weighted by atomic mass is 10.1. The van der Waals surface area contributed by atoms with Gasteiger partial charge in [0.15, 0.2) is 0 Å². The topological polar surface area (TPSA) is 96.4 Å². The molecule has 0 unspecified atom stereocenters. The standard InChI is InChI=1S/C28H22F2N4O4/c1-38-22-11-9-21(10-12-22)34-26(35)23(24(32-34)14-17-5-7-19(29)8-6-17)15-25-27(36)33(28(37)31-25)16-18-3-2-4-20(30)13-18/h2-13,15,32H,14,16H2,1H3,(H,31,37)/b25-15-. The smallest absolute Gasteiger partial charge is 0.329 e. The molecule has 0 bridgehead atoms. The number of carbonyl (C=O) groups excluding carboxylic acids is 2. The van der Waals surface area contributed by atoms with Crippen LogP contribution in [0.3, 0.4) is 0 Å². The minimum atomic E-state index is -0.684.